The molecule has 0 bridgehead atoms. The van der Waals surface area contributed by atoms with Crippen molar-refractivity contribution in [1.82, 2.24) is 0 Å². The molecular weight excluding hydrogens is 615 g/mol. The van der Waals surface area contributed by atoms with Crippen molar-refractivity contribution in [2.45, 2.75) is 0 Å². The second kappa shape index (κ2) is 11.2. The van der Waals surface area contributed by atoms with Crippen molar-refractivity contribution in [1.29, 1.82) is 0 Å². The van der Waals surface area contributed by atoms with E-state index in [2.05, 4.69) is 175 Å². The summed E-state index contributed by atoms with van der Waals surface area (Å²) in [6, 6.07) is 63.1. The first kappa shape index (κ1) is 27.9. The number of anilines is 3. The Hall–Kier alpha value is -6.16. The molecule has 0 amide bonds. The number of hydrogen-bond donors (Lipinski definition) is 0. The number of para-hydroxylation sites is 1. The Morgan fingerprint density at radius 1 is 0.429 bits per heavy atom. The quantitative estimate of drug-likeness (QED) is 0.186. The van der Waals surface area contributed by atoms with E-state index in [1.807, 2.05) is 17.4 Å². The first-order chi connectivity index (χ1) is 24.3. The highest BCUT2D eigenvalue weighted by Crippen LogP contribution is 2.48. The third-order valence-corrected chi connectivity index (χ3v) is 10.9. The zero-order valence-electron chi connectivity index (χ0n) is 26.5. The summed E-state index contributed by atoms with van der Waals surface area (Å²) in [4.78, 5) is 2.38. The molecular formula is C46H29NOS. The van der Waals surface area contributed by atoms with Crippen molar-refractivity contribution in [3.8, 4) is 22.3 Å². The highest BCUT2D eigenvalue weighted by molar-refractivity contribution is 7.26. The zero-order chi connectivity index (χ0) is 32.3. The summed E-state index contributed by atoms with van der Waals surface area (Å²) in [5, 5.41) is 7.24. The molecule has 0 atom stereocenters. The van der Waals surface area contributed by atoms with Gasteiger partial charge in [-0.2, -0.15) is 0 Å². The lowest BCUT2D eigenvalue weighted by Crippen LogP contribution is -2.11. The van der Waals surface area contributed by atoms with Crippen molar-refractivity contribution in [2.24, 2.45) is 0 Å². The van der Waals surface area contributed by atoms with Gasteiger partial charge in [0.1, 0.15) is 5.58 Å². The average Bonchev–Trinajstić information content (AvgIpc) is 3.74. The van der Waals surface area contributed by atoms with Crippen LogP contribution in [0, 0.1) is 0 Å². The lowest BCUT2D eigenvalue weighted by Gasteiger charge is -2.28. The van der Waals surface area contributed by atoms with Gasteiger partial charge in [-0.15, -0.1) is 11.3 Å². The Labute approximate surface area is 287 Å². The molecule has 10 aromatic rings. The van der Waals surface area contributed by atoms with E-state index in [1.54, 1.807) is 0 Å². The maximum absolute atomic E-state index is 6.79. The van der Waals surface area contributed by atoms with Crippen molar-refractivity contribution >= 4 is 81.3 Å². The van der Waals surface area contributed by atoms with Gasteiger partial charge in [0, 0.05) is 47.9 Å². The Bertz CT molecular complexity index is 2830. The minimum Gasteiger partial charge on any atom is -0.454 e. The lowest BCUT2D eigenvalue weighted by molar-refractivity contribution is 0.669. The SMILES string of the molecule is c1ccc(-c2ccc3c(oc4ccccc43)c2N(c2ccc(-c3cccc4c3sc3ccccc34)cc2)c2ccc3ccccc3c2)cc1. The molecule has 3 heteroatoms. The average molecular weight is 644 g/mol. The van der Waals surface area contributed by atoms with Gasteiger partial charge in [-0.25, -0.2) is 0 Å². The lowest BCUT2D eigenvalue weighted by atomic mass is 9.98. The molecule has 2 nitrogen and oxygen atoms in total. The van der Waals surface area contributed by atoms with E-state index in [0.29, 0.717) is 0 Å². The summed E-state index contributed by atoms with van der Waals surface area (Å²) >= 11 is 1.87. The molecule has 0 fully saturated rings. The molecule has 0 aliphatic carbocycles. The van der Waals surface area contributed by atoms with Crippen molar-refractivity contribution in [2.75, 3.05) is 4.90 Å². The first-order valence-electron chi connectivity index (χ1n) is 16.6. The molecule has 0 radical (unpaired) electrons. The maximum Gasteiger partial charge on any atom is 0.160 e. The van der Waals surface area contributed by atoms with E-state index in [0.717, 1.165) is 50.1 Å². The number of furan rings is 1. The summed E-state index contributed by atoms with van der Waals surface area (Å²) in [5.74, 6) is 0. The Morgan fingerprint density at radius 2 is 1.12 bits per heavy atom. The summed E-state index contributed by atoms with van der Waals surface area (Å²) in [7, 11) is 0. The van der Waals surface area contributed by atoms with Crippen molar-refractivity contribution in [3.05, 3.63) is 176 Å². The molecule has 10 rings (SSSR count). The highest BCUT2D eigenvalue weighted by atomic mass is 32.1. The summed E-state index contributed by atoms with van der Waals surface area (Å²) < 4.78 is 9.42. The number of benzene rings is 8. The van der Waals surface area contributed by atoms with Gasteiger partial charge < -0.3 is 9.32 Å². The fraction of sp³-hybridized carbons (Fsp3) is 0. The standard InChI is InChI=1S/C46H29NOS/c1-2-12-31(13-3-1)36-27-28-40-38-15-6-8-19-42(38)48-45(40)44(36)47(35-26-21-30-11-4-5-14-33(30)29-35)34-24-22-32(23-25-34)37-17-10-18-41-39-16-7-9-20-43(39)49-46(37)41/h1-29H. The molecule has 2 aromatic heterocycles. The van der Waals surface area contributed by atoms with Crippen LogP contribution in [-0.4, -0.2) is 0 Å². The summed E-state index contributed by atoms with van der Waals surface area (Å²) in [6.07, 6.45) is 0. The third-order valence-electron chi connectivity index (χ3n) is 9.66. The molecule has 49 heavy (non-hydrogen) atoms. The molecule has 230 valence electrons. The normalized spacial score (nSPS) is 11.7. The van der Waals surface area contributed by atoms with Crippen LogP contribution in [0.25, 0.3) is 75.1 Å². The Kier molecular flexibility index (Phi) is 6.39. The minimum absolute atomic E-state index is 0.870. The molecule has 0 unspecified atom stereocenters. The highest BCUT2D eigenvalue weighted by Gasteiger charge is 2.24. The second-order valence-corrected chi connectivity index (χ2v) is 13.5. The van der Waals surface area contributed by atoms with Gasteiger partial charge in [-0.3, -0.25) is 0 Å². The predicted molar refractivity (Wildman–Crippen MR) is 210 cm³/mol. The minimum atomic E-state index is 0.870. The fourth-order valence-corrected chi connectivity index (χ4v) is 8.57. The molecule has 0 N–H and O–H groups in total. The van der Waals surface area contributed by atoms with Crippen LogP contribution in [0.1, 0.15) is 0 Å². The zero-order valence-corrected chi connectivity index (χ0v) is 27.3. The van der Waals surface area contributed by atoms with Crippen LogP contribution < -0.4 is 4.90 Å². The van der Waals surface area contributed by atoms with Crippen LogP contribution in [0.5, 0.6) is 0 Å². The van der Waals surface area contributed by atoms with Gasteiger partial charge in [0.25, 0.3) is 0 Å². The van der Waals surface area contributed by atoms with Crippen molar-refractivity contribution < 1.29 is 4.42 Å². The van der Waals surface area contributed by atoms with Crippen LogP contribution in [0.2, 0.25) is 0 Å². The number of fused-ring (bicyclic) bond motifs is 7. The third kappa shape index (κ3) is 4.55. The smallest absolute Gasteiger partial charge is 0.160 e. The molecule has 2 heterocycles. The molecule has 0 saturated carbocycles. The van der Waals surface area contributed by atoms with E-state index in [9.17, 15) is 0 Å². The predicted octanol–water partition coefficient (Wildman–Crippen LogP) is 13.9. The summed E-state index contributed by atoms with van der Waals surface area (Å²) in [5.41, 5.74) is 9.61. The van der Waals surface area contributed by atoms with Crippen LogP contribution in [0.3, 0.4) is 0 Å². The van der Waals surface area contributed by atoms with E-state index in [4.69, 9.17) is 4.42 Å². The Morgan fingerprint density at radius 3 is 2.00 bits per heavy atom. The molecule has 0 aliphatic heterocycles. The van der Waals surface area contributed by atoms with Crippen LogP contribution in [-0.2, 0) is 0 Å². The second-order valence-electron chi connectivity index (χ2n) is 12.5. The molecule has 8 aromatic carbocycles. The monoisotopic (exact) mass is 643 g/mol. The van der Waals surface area contributed by atoms with E-state index >= 15 is 0 Å². The van der Waals surface area contributed by atoms with Crippen LogP contribution in [0.4, 0.5) is 17.1 Å². The van der Waals surface area contributed by atoms with E-state index in [-0.39, 0.29) is 0 Å². The topological polar surface area (TPSA) is 16.4 Å². The first-order valence-corrected chi connectivity index (χ1v) is 17.4. The summed E-state index contributed by atoms with van der Waals surface area (Å²) in [6.45, 7) is 0. The van der Waals surface area contributed by atoms with Gasteiger partial charge in [0.05, 0.1) is 5.69 Å². The van der Waals surface area contributed by atoms with Gasteiger partial charge >= 0.3 is 0 Å². The van der Waals surface area contributed by atoms with Crippen LogP contribution >= 0.6 is 11.3 Å². The number of hydrogen-bond acceptors (Lipinski definition) is 3. The molecule has 0 saturated heterocycles. The number of thiophene rings is 1. The maximum atomic E-state index is 6.79. The fourth-order valence-electron chi connectivity index (χ4n) is 7.33. The Balaban J connectivity index is 1.23. The largest absolute Gasteiger partial charge is 0.454 e. The number of nitrogens with zero attached hydrogens (tertiary/aromatic N) is 1. The number of rotatable bonds is 5. The van der Waals surface area contributed by atoms with E-state index in [1.165, 1.54) is 42.1 Å². The van der Waals surface area contributed by atoms with Crippen LogP contribution in [0.15, 0.2) is 180 Å². The molecule has 0 aliphatic rings. The molecule has 0 spiro atoms. The van der Waals surface area contributed by atoms with Gasteiger partial charge in [-0.05, 0) is 69.9 Å². The van der Waals surface area contributed by atoms with Crippen molar-refractivity contribution in [3.63, 3.8) is 0 Å². The van der Waals surface area contributed by atoms with Gasteiger partial charge in [0.2, 0.25) is 0 Å². The van der Waals surface area contributed by atoms with Gasteiger partial charge in [-0.1, -0.05) is 133 Å². The van der Waals surface area contributed by atoms with E-state index < -0.39 is 0 Å². The van der Waals surface area contributed by atoms with Gasteiger partial charge in [0.15, 0.2) is 5.58 Å².